The highest BCUT2D eigenvalue weighted by molar-refractivity contribution is 9.10. The second-order valence-electron chi connectivity index (χ2n) is 6.27. The molecule has 2 rings (SSSR count). The molecule has 0 aliphatic heterocycles. The van der Waals surface area contributed by atoms with Crippen LogP contribution in [0.3, 0.4) is 0 Å². The normalized spacial score (nSPS) is 28.4. The van der Waals surface area contributed by atoms with Crippen molar-refractivity contribution in [3.05, 3.63) is 33.3 Å². The molecule has 4 atom stereocenters. The molecule has 0 spiro atoms. The Labute approximate surface area is 136 Å². The summed E-state index contributed by atoms with van der Waals surface area (Å²) in [7, 11) is 0. The average Bonchev–Trinajstić information content (AvgIpc) is 2.38. The van der Waals surface area contributed by atoms with E-state index in [0.717, 1.165) is 27.9 Å². The van der Waals surface area contributed by atoms with Gasteiger partial charge < -0.3 is 5.32 Å². The second kappa shape index (κ2) is 7.29. The van der Waals surface area contributed by atoms with Gasteiger partial charge in [0.25, 0.3) is 0 Å². The molecule has 1 nitrogen and oxygen atoms in total. The topological polar surface area (TPSA) is 12.0 Å². The Morgan fingerprint density at radius 2 is 2.00 bits per heavy atom. The van der Waals surface area contributed by atoms with Crippen LogP contribution in [0.1, 0.15) is 51.6 Å². The molecule has 4 unspecified atom stereocenters. The molecule has 0 bridgehead atoms. The molecule has 1 aliphatic rings. The maximum absolute atomic E-state index is 6.23. The summed E-state index contributed by atoms with van der Waals surface area (Å²) in [5.41, 5.74) is 1.32. The second-order valence-corrected chi connectivity index (χ2v) is 7.62. The Bertz CT molecular complexity index is 428. The summed E-state index contributed by atoms with van der Waals surface area (Å²) in [5.74, 6) is 2.39. The summed E-state index contributed by atoms with van der Waals surface area (Å²) in [6, 6.07) is 6.70. The summed E-state index contributed by atoms with van der Waals surface area (Å²) < 4.78 is 1.07. The molecule has 0 saturated heterocycles. The zero-order valence-corrected chi connectivity index (χ0v) is 15.0. The fraction of sp³-hybridized carbons (Fsp3) is 0.647. The van der Waals surface area contributed by atoms with Crippen LogP contribution in [0, 0.1) is 17.8 Å². The lowest BCUT2D eigenvalue weighted by Gasteiger charge is -2.37. The van der Waals surface area contributed by atoms with E-state index in [9.17, 15) is 0 Å². The Morgan fingerprint density at radius 1 is 1.25 bits per heavy atom. The van der Waals surface area contributed by atoms with E-state index >= 15 is 0 Å². The van der Waals surface area contributed by atoms with Gasteiger partial charge in [0.15, 0.2) is 0 Å². The first-order valence-electron chi connectivity index (χ1n) is 7.70. The van der Waals surface area contributed by atoms with Gasteiger partial charge >= 0.3 is 0 Å². The lowest BCUT2D eigenvalue weighted by molar-refractivity contribution is 0.172. The van der Waals surface area contributed by atoms with Crippen LogP contribution < -0.4 is 5.32 Å². The van der Waals surface area contributed by atoms with E-state index < -0.39 is 0 Å². The van der Waals surface area contributed by atoms with E-state index in [1.165, 1.54) is 24.8 Å². The fourth-order valence-electron chi connectivity index (χ4n) is 3.42. The highest BCUT2D eigenvalue weighted by Gasteiger charge is 2.30. The van der Waals surface area contributed by atoms with Gasteiger partial charge in [-0.15, -0.1) is 0 Å². The van der Waals surface area contributed by atoms with Gasteiger partial charge in [0.05, 0.1) is 0 Å². The van der Waals surface area contributed by atoms with Gasteiger partial charge in [-0.05, 0) is 60.9 Å². The predicted octanol–water partition coefficient (Wildman–Crippen LogP) is 5.83. The monoisotopic (exact) mass is 357 g/mol. The van der Waals surface area contributed by atoms with E-state index in [-0.39, 0.29) is 0 Å². The van der Waals surface area contributed by atoms with Crippen LogP contribution in [0.5, 0.6) is 0 Å². The molecule has 1 saturated carbocycles. The van der Waals surface area contributed by atoms with Crippen LogP contribution in [-0.4, -0.2) is 6.54 Å². The number of benzene rings is 1. The number of hydrogen-bond acceptors (Lipinski definition) is 1. The van der Waals surface area contributed by atoms with Crippen molar-refractivity contribution in [3.63, 3.8) is 0 Å². The van der Waals surface area contributed by atoms with Crippen molar-refractivity contribution in [2.75, 3.05) is 6.54 Å². The van der Waals surface area contributed by atoms with Crippen molar-refractivity contribution >= 4 is 27.5 Å². The molecular formula is C17H25BrClN. The summed E-state index contributed by atoms with van der Waals surface area (Å²) in [6.45, 7) is 7.96. The smallest absolute Gasteiger partial charge is 0.0420 e. The molecular weight excluding hydrogens is 334 g/mol. The van der Waals surface area contributed by atoms with Gasteiger partial charge in [-0.2, -0.15) is 0 Å². The van der Waals surface area contributed by atoms with E-state index in [2.05, 4.69) is 54.2 Å². The van der Waals surface area contributed by atoms with Crippen molar-refractivity contribution < 1.29 is 0 Å². The first-order chi connectivity index (χ1) is 9.51. The molecule has 1 aromatic carbocycles. The van der Waals surface area contributed by atoms with E-state index in [1.54, 1.807) is 0 Å². The maximum Gasteiger partial charge on any atom is 0.0420 e. The molecule has 3 heteroatoms. The Hall–Kier alpha value is -0.0500. The highest BCUT2D eigenvalue weighted by Crippen LogP contribution is 2.40. The SMILES string of the molecule is CCNC(c1cc(Cl)cc(Br)c1)C1CCC(C)C(C)C1. The molecule has 1 fully saturated rings. The Balaban J connectivity index is 2.22. The minimum Gasteiger partial charge on any atom is -0.310 e. The fourth-order valence-corrected chi connectivity index (χ4v) is 4.31. The van der Waals surface area contributed by atoms with Crippen molar-refractivity contribution in [1.82, 2.24) is 5.32 Å². The average molecular weight is 359 g/mol. The van der Waals surface area contributed by atoms with Gasteiger partial charge in [-0.1, -0.05) is 54.7 Å². The maximum atomic E-state index is 6.23. The summed E-state index contributed by atoms with van der Waals surface area (Å²) in [4.78, 5) is 0. The minimum atomic E-state index is 0.421. The van der Waals surface area contributed by atoms with Crippen LogP contribution in [0.2, 0.25) is 5.02 Å². The van der Waals surface area contributed by atoms with Crippen LogP contribution in [0.15, 0.2) is 22.7 Å². The molecule has 0 amide bonds. The minimum absolute atomic E-state index is 0.421. The lowest BCUT2D eigenvalue weighted by atomic mass is 9.72. The third kappa shape index (κ3) is 3.99. The molecule has 1 aliphatic carbocycles. The van der Waals surface area contributed by atoms with E-state index in [4.69, 9.17) is 11.6 Å². The van der Waals surface area contributed by atoms with Crippen molar-refractivity contribution in [2.24, 2.45) is 17.8 Å². The number of halogens is 2. The third-order valence-electron chi connectivity index (χ3n) is 4.78. The Morgan fingerprint density at radius 3 is 2.60 bits per heavy atom. The molecule has 0 radical (unpaired) electrons. The van der Waals surface area contributed by atoms with Crippen LogP contribution in [-0.2, 0) is 0 Å². The molecule has 1 N–H and O–H groups in total. The zero-order chi connectivity index (χ0) is 14.7. The summed E-state index contributed by atoms with van der Waals surface area (Å²) in [5, 5.41) is 4.49. The first-order valence-corrected chi connectivity index (χ1v) is 8.87. The number of rotatable bonds is 4. The van der Waals surface area contributed by atoms with Crippen molar-refractivity contribution in [1.29, 1.82) is 0 Å². The van der Waals surface area contributed by atoms with Crippen LogP contribution in [0.4, 0.5) is 0 Å². The van der Waals surface area contributed by atoms with Crippen molar-refractivity contribution in [3.8, 4) is 0 Å². The standard InChI is InChI=1S/C17H25BrClN/c1-4-20-17(13-6-5-11(2)12(3)7-13)14-8-15(18)10-16(19)9-14/h8-13,17,20H,4-7H2,1-3H3. The zero-order valence-electron chi connectivity index (χ0n) is 12.6. The first kappa shape index (κ1) is 16.3. The largest absolute Gasteiger partial charge is 0.310 e. The molecule has 20 heavy (non-hydrogen) atoms. The van der Waals surface area contributed by atoms with E-state index in [1.807, 2.05) is 6.07 Å². The quantitative estimate of drug-likeness (QED) is 0.714. The highest BCUT2D eigenvalue weighted by atomic mass is 79.9. The predicted molar refractivity (Wildman–Crippen MR) is 91.2 cm³/mol. The van der Waals surface area contributed by atoms with Crippen LogP contribution in [0.25, 0.3) is 0 Å². The molecule has 0 aromatic heterocycles. The van der Waals surface area contributed by atoms with E-state index in [0.29, 0.717) is 12.0 Å². The van der Waals surface area contributed by atoms with Crippen molar-refractivity contribution in [2.45, 2.75) is 46.1 Å². The number of hydrogen-bond donors (Lipinski definition) is 1. The number of nitrogens with one attached hydrogen (secondary N) is 1. The van der Waals surface area contributed by atoms with Gasteiger partial charge in [-0.3, -0.25) is 0 Å². The summed E-state index contributed by atoms with van der Waals surface area (Å²) >= 11 is 9.79. The lowest BCUT2D eigenvalue weighted by Crippen LogP contribution is -2.33. The van der Waals surface area contributed by atoms with Gasteiger partial charge in [0.1, 0.15) is 0 Å². The van der Waals surface area contributed by atoms with Gasteiger partial charge in [-0.25, -0.2) is 0 Å². The third-order valence-corrected chi connectivity index (χ3v) is 5.45. The van der Waals surface area contributed by atoms with Gasteiger partial charge in [0, 0.05) is 15.5 Å². The van der Waals surface area contributed by atoms with Gasteiger partial charge in [0.2, 0.25) is 0 Å². The van der Waals surface area contributed by atoms with Crippen LogP contribution >= 0.6 is 27.5 Å². The molecule has 1 aromatic rings. The Kier molecular flexibility index (Phi) is 5.95. The molecule has 0 heterocycles. The molecule has 112 valence electrons. The summed E-state index contributed by atoms with van der Waals surface area (Å²) in [6.07, 6.45) is 3.96.